The van der Waals surface area contributed by atoms with Gasteiger partial charge in [0.1, 0.15) is 16.0 Å². The number of thiazole rings is 1. The van der Waals surface area contributed by atoms with Gasteiger partial charge in [-0.2, -0.15) is 0 Å². The molecule has 0 unspecified atom stereocenters. The number of benzene rings is 22. The van der Waals surface area contributed by atoms with Crippen LogP contribution in [0.4, 0.5) is 0 Å². The van der Waals surface area contributed by atoms with Crippen molar-refractivity contribution in [2.75, 3.05) is 0 Å². The molecule has 1 aliphatic carbocycles. The molecule has 12 heteroatoms. The van der Waals surface area contributed by atoms with Gasteiger partial charge in [-0.3, -0.25) is 0 Å². The maximum atomic E-state index is 6.24. The van der Waals surface area contributed by atoms with Gasteiger partial charge >= 0.3 is 0 Å². The fourth-order valence-electron chi connectivity index (χ4n) is 20.9. The summed E-state index contributed by atoms with van der Waals surface area (Å²) in [5.41, 5.74) is 27.4. The Bertz CT molecular complexity index is 9870. The van der Waals surface area contributed by atoms with Gasteiger partial charge in [0.15, 0.2) is 28.6 Å². The summed E-state index contributed by atoms with van der Waals surface area (Å²) in [6, 6.07) is 163. The molecule has 0 radical (unpaired) electrons. The Morgan fingerprint density at radius 3 is 0.896 bits per heavy atom. The molecule has 29 rings (SSSR count). The summed E-state index contributed by atoms with van der Waals surface area (Å²) in [5.74, 6) is 3.33. The van der Waals surface area contributed by atoms with Gasteiger partial charge in [0.25, 0.3) is 0 Å². The molecule has 144 heavy (non-hydrogen) atoms. The molecule has 0 atom stereocenters. The van der Waals surface area contributed by atoms with Crippen LogP contribution in [0, 0.1) is 0 Å². The third-order valence-electron chi connectivity index (χ3n) is 28.2. The van der Waals surface area contributed by atoms with Crippen molar-refractivity contribution >= 4 is 141 Å². The van der Waals surface area contributed by atoms with Crippen molar-refractivity contribution in [2.45, 2.75) is 19.3 Å². The highest BCUT2D eigenvalue weighted by atomic mass is 32.1. The van der Waals surface area contributed by atoms with Crippen LogP contribution in [0.25, 0.3) is 276 Å². The second-order valence-electron chi connectivity index (χ2n) is 37.4. The van der Waals surface area contributed by atoms with E-state index in [4.69, 9.17) is 53.7 Å². The zero-order chi connectivity index (χ0) is 95.5. The van der Waals surface area contributed by atoms with Crippen molar-refractivity contribution in [3.05, 3.63) is 478 Å². The van der Waals surface area contributed by atoms with Gasteiger partial charge in [0.2, 0.25) is 11.8 Å². The van der Waals surface area contributed by atoms with Crippen molar-refractivity contribution < 1.29 is 8.83 Å². The monoisotopic (exact) mass is 1860 g/mol. The Morgan fingerprint density at radius 1 is 0.194 bits per heavy atom. The summed E-state index contributed by atoms with van der Waals surface area (Å²) in [6.45, 7) is 4.66. The van der Waals surface area contributed by atoms with Crippen molar-refractivity contribution in [1.29, 1.82) is 0 Å². The fraction of sp³-hybridized carbons (Fsp3) is 0.0227. The summed E-state index contributed by atoms with van der Waals surface area (Å²) < 4.78 is 13.6. The molecule has 28 aromatic rings. The average Bonchev–Trinajstić information content (AvgIpc) is 1.44. The van der Waals surface area contributed by atoms with Gasteiger partial charge in [-0.15, -0.1) is 11.3 Å². The van der Waals surface area contributed by atoms with E-state index in [-0.39, 0.29) is 5.41 Å². The molecule has 6 aromatic heterocycles. The Morgan fingerprint density at radius 2 is 0.493 bits per heavy atom. The predicted molar refractivity (Wildman–Crippen MR) is 595 cm³/mol. The van der Waals surface area contributed by atoms with E-state index in [1.807, 2.05) is 103 Å². The van der Waals surface area contributed by atoms with Crippen LogP contribution in [0.5, 0.6) is 0 Å². The minimum absolute atomic E-state index is 0.0502. The van der Waals surface area contributed by atoms with Crippen LogP contribution in [0.3, 0.4) is 0 Å². The summed E-state index contributed by atoms with van der Waals surface area (Å²) in [7, 11) is 0. The van der Waals surface area contributed by atoms with Crippen molar-refractivity contribution in [1.82, 2.24) is 44.9 Å². The highest BCUT2D eigenvalue weighted by Gasteiger charge is 2.36. The van der Waals surface area contributed by atoms with Crippen LogP contribution in [-0.4, -0.2) is 44.9 Å². The Balaban J connectivity index is 0.000000108. The van der Waals surface area contributed by atoms with Crippen LogP contribution < -0.4 is 0 Å². The minimum Gasteiger partial charge on any atom is -0.436 e. The molecule has 0 spiro atoms. The standard InChI is InChI=1S/C46H31N3S.C45H27N3O.C41H25N3O/c1-46(2)37-16-10-9-15-35(37)36-23-20-33(26-38(36)46)45-49-43-41(50-45)24-21-30-17-18-31-25-32(19-22-34(31)42(30)43)44-47-39(28-11-5-3-6-12-28)27-40(48-44)29-13-7-4-8-14-29;1-2-10-31(11-3-1)45-48-43-41(49-45)23-21-30-16-17-34-26-37(20-22-38(34)42(30)43)44-46-39(35-18-14-28-8-4-6-12-32(28)24-35)27-40(47-44)36-19-15-29-9-5-7-13-33(29)25-36;1-3-10-27(11-4-1)35-25-36(32-18-15-26-9-7-8-14-30(26)23-32)43-40(42-35)33-19-21-34-31(24-33)17-16-28-20-22-37-39(38(28)34)44-41(45-37)29-12-5-2-6-13-29/h3-27H,1-2H3;1-27H;1-25H. The first-order valence-electron chi connectivity index (χ1n) is 48.5. The summed E-state index contributed by atoms with van der Waals surface area (Å²) in [4.78, 5) is 46.0. The first kappa shape index (κ1) is 84.5. The molecule has 11 nitrogen and oxygen atoms in total. The number of rotatable bonds is 12. The quantitative estimate of drug-likeness (QED) is 0.108. The highest BCUT2D eigenvalue weighted by molar-refractivity contribution is 7.21. The van der Waals surface area contributed by atoms with E-state index in [0.29, 0.717) is 29.3 Å². The molecular formula is C132H83N9O2S. The second kappa shape index (κ2) is 35.0. The van der Waals surface area contributed by atoms with Crippen molar-refractivity contribution in [3.8, 4) is 146 Å². The van der Waals surface area contributed by atoms with Crippen molar-refractivity contribution in [3.63, 3.8) is 0 Å². The second-order valence-corrected chi connectivity index (χ2v) is 38.5. The van der Waals surface area contributed by atoms with Gasteiger partial charge < -0.3 is 8.83 Å². The van der Waals surface area contributed by atoms with E-state index < -0.39 is 0 Å². The molecule has 674 valence electrons. The van der Waals surface area contributed by atoms with E-state index in [2.05, 4.69) is 378 Å². The van der Waals surface area contributed by atoms with E-state index in [0.717, 1.165) is 177 Å². The smallest absolute Gasteiger partial charge is 0.227 e. The van der Waals surface area contributed by atoms with E-state index in [1.54, 1.807) is 11.3 Å². The van der Waals surface area contributed by atoms with Crippen LogP contribution in [0.15, 0.2) is 476 Å². The third-order valence-corrected chi connectivity index (χ3v) is 29.3. The number of nitrogens with zero attached hydrogens (tertiary/aromatic N) is 9. The fourth-order valence-corrected chi connectivity index (χ4v) is 21.9. The van der Waals surface area contributed by atoms with Crippen LogP contribution in [0.1, 0.15) is 25.0 Å². The van der Waals surface area contributed by atoms with Crippen LogP contribution in [0.2, 0.25) is 0 Å². The molecule has 0 saturated heterocycles. The van der Waals surface area contributed by atoms with Gasteiger partial charge in [0, 0.05) is 88.3 Å². The first-order chi connectivity index (χ1) is 71.0. The zero-order valence-corrected chi connectivity index (χ0v) is 79.0. The molecule has 22 aromatic carbocycles. The lowest BCUT2D eigenvalue weighted by Crippen LogP contribution is -2.14. The van der Waals surface area contributed by atoms with E-state index in [1.165, 1.54) is 81.0 Å². The molecule has 0 aliphatic heterocycles. The third kappa shape index (κ3) is 15.4. The topological polar surface area (TPSA) is 142 Å². The van der Waals surface area contributed by atoms with Gasteiger partial charge in [-0.05, 0) is 206 Å². The maximum absolute atomic E-state index is 6.24. The Labute approximate surface area is 832 Å². The first-order valence-corrected chi connectivity index (χ1v) is 49.3. The molecule has 1 aliphatic rings. The number of hydrogen-bond acceptors (Lipinski definition) is 12. The SMILES string of the molecule is CC1(C)c2ccccc2-c2ccc(-c3nc4c(ccc5ccc6cc(-c7nc(-c8ccccc8)cc(-c8ccccc8)n7)ccc6c54)s3)cc21.c1ccc(-c2cc(-c3ccc4ccccc4c3)nc(-c3ccc4c(ccc5ccc6oc(-c7ccccc7)nc6c54)c3)n2)cc1.c1ccc(-c2nc3c(ccc4ccc5cc(-c6nc(-c7ccc8ccccc8c7)cc(-c7ccc8ccccc8c7)n6)ccc5c43)o2)cc1. The molecule has 0 bridgehead atoms. The average molecular weight is 1860 g/mol. The Hall–Kier alpha value is -18.8. The summed E-state index contributed by atoms with van der Waals surface area (Å²) in [5, 5.41) is 21.7. The van der Waals surface area contributed by atoms with E-state index >= 15 is 0 Å². The molecule has 0 amide bonds. The number of oxazole rings is 2. The number of aromatic nitrogens is 9. The molecule has 0 N–H and O–H groups in total. The lowest BCUT2D eigenvalue weighted by molar-refractivity contribution is 0.619. The maximum Gasteiger partial charge on any atom is 0.227 e. The number of fused-ring (bicyclic) bond motifs is 21. The van der Waals surface area contributed by atoms with Gasteiger partial charge in [0.05, 0.1) is 44.4 Å². The van der Waals surface area contributed by atoms with Crippen LogP contribution >= 0.6 is 11.3 Å². The molecular weight excluding hydrogens is 1780 g/mol. The van der Waals surface area contributed by atoms with E-state index in [9.17, 15) is 0 Å². The molecule has 0 fully saturated rings. The van der Waals surface area contributed by atoms with Gasteiger partial charge in [-0.25, -0.2) is 44.9 Å². The van der Waals surface area contributed by atoms with Gasteiger partial charge in [-0.1, -0.05) is 378 Å². The lowest BCUT2D eigenvalue weighted by Gasteiger charge is -2.21. The summed E-state index contributed by atoms with van der Waals surface area (Å²) in [6.07, 6.45) is 0. The minimum atomic E-state index is -0.0502. The zero-order valence-electron chi connectivity index (χ0n) is 78.2. The highest BCUT2D eigenvalue weighted by Crippen LogP contribution is 2.51. The normalized spacial score (nSPS) is 12.2. The molecule has 0 saturated carbocycles. The molecule has 6 heterocycles. The van der Waals surface area contributed by atoms with Crippen molar-refractivity contribution in [2.24, 2.45) is 0 Å². The summed E-state index contributed by atoms with van der Waals surface area (Å²) >= 11 is 1.77. The predicted octanol–water partition coefficient (Wildman–Crippen LogP) is 35.0. The van der Waals surface area contributed by atoms with Crippen LogP contribution in [-0.2, 0) is 5.41 Å². The largest absolute Gasteiger partial charge is 0.436 e. The number of hydrogen-bond donors (Lipinski definition) is 0. The Kier molecular flexibility index (Phi) is 20.5. The lowest BCUT2D eigenvalue weighted by atomic mass is 9.82.